The summed E-state index contributed by atoms with van der Waals surface area (Å²) in [5, 5.41) is 3.68. The molecule has 0 amide bonds. The summed E-state index contributed by atoms with van der Waals surface area (Å²) < 4.78 is 6.58. The molecule has 0 bridgehead atoms. The van der Waals surface area contributed by atoms with Gasteiger partial charge in [-0.1, -0.05) is 83.5 Å². The average molecular weight is 537 g/mol. The van der Waals surface area contributed by atoms with Crippen molar-refractivity contribution in [1.82, 2.24) is 0 Å². The molecule has 0 spiro atoms. The van der Waals surface area contributed by atoms with E-state index < -0.39 is 8.07 Å². The summed E-state index contributed by atoms with van der Waals surface area (Å²) in [5.74, 6) is 1.17. The zero-order valence-electron chi connectivity index (χ0n) is 23.3. The Morgan fingerprint density at radius 3 is 2.44 bits per heavy atom. The molecule has 4 heteroatoms. The second-order valence-corrected chi connectivity index (χ2v) is 17.9. The Morgan fingerprint density at radius 2 is 1.75 bits per heavy atom. The zero-order chi connectivity index (χ0) is 25.9. The van der Waals surface area contributed by atoms with E-state index in [1.807, 2.05) is 17.4 Å². The predicted octanol–water partition coefficient (Wildman–Crippen LogP) is 9.48. The van der Waals surface area contributed by atoms with Crippen molar-refractivity contribution in [1.29, 1.82) is 0 Å². The minimum Gasteiger partial charge on any atom is -0.489 e. The van der Waals surface area contributed by atoms with Crippen molar-refractivity contribution in [3.05, 3.63) is 68.3 Å². The van der Waals surface area contributed by atoms with Crippen LogP contribution >= 0.6 is 23.1 Å². The summed E-state index contributed by atoms with van der Waals surface area (Å²) in [4.78, 5) is 4.51. The van der Waals surface area contributed by atoms with Crippen LogP contribution in [0.5, 0.6) is 5.75 Å². The Bertz CT molecular complexity index is 1170. The Balaban J connectivity index is 1.88. The molecule has 0 fully saturated rings. The topological polar surface area (TPSA) is 9.23 Å². The number of rotatable bonds is 13. The molecule has 1 unspecified atom stereocenters. The van der Waals surface area contributed by atoms with Crippen molar-refractivity contribution >= 4 is 47.1 Å². The van der Waals surface area contributed by atoms with Crippen LogP contribution in [0.4, 0.5) is 0 Å². The quantitative estimate of drug-likeness (QED) is 0.143. The van der Waals surface area contributed by atoms with E-state index in [4.69, 9.17) is 4.74 Å². The molecule has 2 aliphatic rings. The van der Waals surface area contributed by atoms with Gasteiger partial charge in [-0.2, -0.15) is 0 Å². The molecular weight excluding hydrogens is 493 g/mol. The van der Waals surface area contributed by atoms with Crippen LogP contribution in [0.2, 0.25) is 13.1 Å². The minimum absolute atomic E-state index is 0.546. The second-order valence-electron chi connectivity index (χ2n) is 11.0. The third-order valence-corrected chi connectivity index (χ3v) is 13.6. The normalized spacial score (nSPS) is 16.8. The Hall–Kier alpha value is -1.49. The minimum atomic E-state index is -2.08. The van der Waals surface area contributed by atoms with Gasteiger partial charge in [-0.15, -0.1) is 23.1 Å². The molecule has 4 rings (SSSR count). The van der Waals surface area contributed by atoms with Gasteiger partial charge in [0.05, 0.1) is 0 Å². The first-order valence-corrected chi connectivity index (χ1v) is 18.7. The van der Waals surface area contributed by atoms with Gasteiger partial charge in [-0.05, 0) is 72.7 Å². The van der Waals surface area contributed by atoms with Gasteiger partial charge in [0, 0.05) is 25.5 Å². The van der Waals surface area contributed by atoms with E-state index >= 15 is 0 Å². The van der Waals surface area contributed by atoms with Crippen LogP contribution in [0.3, 0.4) is 0 Å². The summed E-state index contributed by atoms with van der Waals surface area (Å²) in [6.07, 6.45) is 14.2. The van der Waals surface area contributed by atoms with Crippen molar-refractivity contribution in [2.24, 2.45) is 0 Å². The SMILES string of the molecule is C=CCOc1c(CCCCC)cc(CCCCC)cc1[Si](C)(C)C1=C2SC(C)C=C2c2cc(C)sc21. The molecular formula is C32H44OS2Si. The van der Waals surface area contributed by atoms with Crippen LogP contribution in [0.25, 0.3) is 10.8 Å². The molecule has 0 saturated carbocycles. The van der Waals surface area contributed by atoms with Gasteiger partial charge >= 0.3 is 0 Å². The van der Waals surface area contributed by atoms with E-state index in [1.54, 1.807) is 10.1 Å². The molecule has 1 aliphatic heterocycles. The van der Waals surface area contributed by atoms with E-state index in [-0.39, 0.29) is 0 Å². The number of fused-ring (bicyclic) bond motifs is 3. The summed E-state index contributed by atoms with van der Waals surface area (Å²) in [7, 11) is -2.08. The Labute approximate surface area is 229 Å². The smallest absolute Gasteiger partial charge is 0.122 e. The maximum atomic E-state index is 6.58. The summed E-state index contributed by atoms with van der Waals surface area (Å²) in [6, 6.07) is 7.44. The highest BCUT2D eigenvalue weighted by Gasteiger charge is 2.43. The third kappa shape index (κ3) is 5.51. The molecule has 194 valence electrons. The highest BCUT2D eigenvalue weighted by atomic mass is 32.2. The first-order valence-electron chi connectivity index (χ1n) is 14.0. The molecule has 1 aliphatic carbocycles. The number of aryl methyl sites for hydroxylation is 3. The standard InChI is InChI=1S/C32H44OS2Si/c1-8-11-13-15-24-20-25(16-14-12-9-2)29(33-17-10-3)28(21-24)36(6,7)32-30-26(18-22(4)34-30)27-19-23(5)35-31(27)32/h10,18-22H,3,8-9,11-17H2,1-2,4-7H3. The fourth-order valence-corrected chi connectivity index (χ4v) is 12.7. The van der Waals surface area contributed by atoms with Gasteiger partial charge in [-0.25, -0.2) is 0 Å². The number of unbranched alkanes of at least 4 members (excludes halogenated alkanes) is 4. The molecule has 0 N–H and O–H groups in total. The van der Waals surface area contributed by atoms with Crippen LogP contribution in [0.15, 0.2) is 41.8 Å². The Morgan fingerprint density at radius 1 is 1.03 bits per heavy atom. The van der Waals surface area contributed by atoms with Crippen LogP contribution in [-0.4, -0.2) is 19.9 Å². The number of thiophene rings is 1. The maximum Gasteiger partial charge on any atom is 0.122 e. The van der Waals surface area contributed by atoms with Crippen LogP contribution in [0.1, 0.15) is 85.7 Å². The number of thioether (sulfide) groups is 1. The van der Waals surface area contributed by atoms with E-state index in [1.165, 1.54) is 87.9 Å². The van der Waals surface area contributed by atoms with Crippen LogP contribution < -0.4 is 9.92 Å². The molecule has 1 nitrogen and oxygen atoms in total. The van der Waals surface area contributed by atoms with E-state index in [0.717, 1.165) is 6.42 Å². The third-order valence-electron chi connectivity index (χ3n) is 7.54. The van der Waals surface area contributed by atoms with Gasteiger partial charge in [0.1, 0.15) is 20.4 Å². The van der Waals surface area contributed by atoms with Gasteiger partial charge in [0.15, 0.2) is 0 Å². The van der Waals surface area contributed by atoms with Gasteiger partial charge in [0.2, 0.25) is 0 Å². The van der Waals surface area contributed by atoms with Gasteiger partial charge < -0.3 is 4.74 Å². The van der Waals surface area contributed by atoms with Gasteiger partial charge in [0.25, 0.3) is 0 Å². The molecule has 1 aromatic heterocycles. The molecule has 1 aromatic carbocycles. The van der Waals surface area contributed by atoms with Crippen molar-refractivity contribution in [3.8, 4) is 5.75 Å². The van der Waals surface area contributed by atoms with Crippen LogP contribution in [-0.2, 0) is 12.8 Å². The second kappa shape index (κ2) is 11.9. The summed E-state index contributed by atoms with van der Waals surface area (Å²) in [6.45, 7) is 18.9. The van der Waals surface area contributed by atoms with Crippen LogP contribution in [0, 0.1) is 6.92 Å². The number of ether oxygens (including phenoxy) is 1. The van der Waals surface area contributed by atoms with Crippen molar-refractivity contribution in [3.63, 3.8) is 0 Å². The molecule has 0 radical (unpaired) electrons. The number of hydrogen-bond acceptors (Lipinski definition) is 3. The first kappa shape index (κ1) is 27.5. The lowest BCUT2D eigenvalue weighted by Gasteiger charge is -2.30. The predicted molar refractivity (Wildman–Crippen MR) is 167 cm³/mol. The lowest BCUT2D eigenvalue weighted by molar-refractivity contribution is 0.361. The van der Waals surface area contributed by atoms with Crippen molar-refractivity contribution < 1.29 is 4.74 Å². The summed E-state index contributed by atoms with van der Waals surface area (Å²) in [5.41, 5.74) is 5.91. The first-order chi connectivity index (χ1) is 17.3. The highest BCUT2D eigenvalue weighted by Crippen LogP contribution is 2.57. The largest absolute Gasteiger partial charge is 0.489 e. The van der Waals surface area contributed by atoms with Gasteiger partial charge in [-0.3, -0.25) is 0 Å². The zero-order valence-corrected chi connectivity index (χ0v) is 25.9. The molecule has 0 saturated heterocycles. The Kier molecular flexibility index (Phi) is 9.12. The lowest BCUT2D eigenvalue weighted by Crippen LogP contribution is -2.44. The van der Waals surface area contributed by atoms with E-state index in [0.29, 0.717) is 11.9 Å². The molecule has 2 aromatic rings. The number of allylic oxidation sites excluding steroid dienone is 1. The molecule has 1 atom stereocenters. The number of benzene rings is 1. The number of hydrogen-bond donors (Lipinski definition) is 0. The average Bonchev–Trinajstić information content (AvgIpc) is 3.47. The fourth-order valence-electron chi connectivity index (χ4n) is 5.71. The monoisotopic (exact) mass is 536 g/mol. The van der Waals surface area contributed by atoms with Crippen molar-refractivity contribution in [2.75, 3.05) is 6.61 Å². The highest BCUT2D eigenvalue weighted by molar-refractivity contribution is 8.05. The molecule has 2 heterocycles. The maximum absolute atomic E-state index is 6.58. The lowest BCUT2D eigenvalue weighted by atomic mass is 10.00. The fraction of sp³-hybridized carbons (Fsp3) is 0.500. The van der Waals surface area contributed by atoms with E-state index in [9.17, 15) is 0 Å². The van der Waals surface area contributed by atoms with E-state index in [2.05, 4.69) is 83.4 Å². The van der Waals surface area contributed by atoms with Crippen molar-refractivity contribution in [2.45, 2.75) is 97.4 Å². The summed E-state index contributed by atoms with van der Waals surface area (Å²) >= 11 is 4.07. The molecule has 36 heavy (non-hydrogen) atoms.